The largest absolute Gasteiger partial charge is 0.381 e. The second kappa shape index (κ2) is 9.70. The van der Waals surface area contributed by atoms with Gasteiger partial charge < -0.3 is 20.1 Å². The Morgan fingerprint density at radius 2 is 2.12 bits per heavy atom. The van der Waals surface area contributed by atoms with Crippen molar-refractivity contribution in [3.63, 3.8) is 0 Å². The molecule has 25 heavy (non-hydrogen) atoms. The van der Waals surface area contributed by atoms with E-state index in [9.17, 15) is 4.79 Å². The average Bonchev–Trinajstić information content (AvgIpc) is 3.18. The molecule has 0 radical (unpaired) electrons. The van der Waals surface area contributed by atoms with Crippen molar-refractivity contribution in [3.8, 4) is 0 Å². The second-order valence-electron chi connectivity index (χ2n) is 6.55. The molecule has 1 aromatic rings. The molecule has 2 saturated heterocycles. The number of urea groups is 1. The number of nitrogens with zero attached hydrogens (tertiary/aromatic N) is 2. The Kier molecular flexibility index (Phi) is 7.02. The quantitative estimate of drug-likeness (QED) is 0.757. The van der Waals surface area contributed by atoms with Crippen LogP contribution in [-0.2, 0) is 15.9 Å². The van der Waals surface area contributed by atoms with Gasteiger partial charge in [0.2, 0.25) is 0 Å². The number of pyridine rings is 1. The molecule has 7 heteroatoms. The summed E-state index contributed by atoms with van der Waals surface area (Å²) in [6.45, 7) is 6.20. The fourth-order valence-corrected chi connectivity index (χ4v) is 3.47. The lowest BCUT2D eigenvalue weighted by Gasteiger charge is -2.37. The molecule has 1 aromatic heterocycles. The number of ether oxygens (including phenoxy) is 2. The zero-order chi connectivity index (χ0) is 17.3. The van der Waals surface area contributed by atoms with Crippen LogP contribution in [-0.4, -0.2) is 74.6 Å². The molecule has 0 bridgehead atoms. The summed E-state index contributed by atoms with van der Waals surface area (Å²) in [5, 5.41) is 5.95. The van der Waals surface area contributed by atoms with E-state index >= 15 is 0 Å². The molecule has 2 N–H and O–H groups in total. The Hall–Kier alpha value is -1.70. The van der Waals surface area contributed by atoms with E-state index in [4.69, 9.17) is 9.47 Å². The van der Waals surface area contributed by atoms with Crippen molar-refractivity contribution in [2.75, 3.05) is 52.6 Å². The van der Waals surface area contributed by atoms with E-state index in [0.29, 0.717) is 25.0 Å². The number of hydrogen-bond acceptors (Lipinski definition) is 5. The summed E-state index contributed by atoms with van der Waals surface area (Å²) in [5.41, 5.74) is 0.983. The van der Waals surface area contributed by atoms with Gasteiger partial charge in [0.05, 0.1) is 19.8 Å². The van der Waals surface area contributed by atoms with Gasteiger partial charge in [-0.15, -0.1) is 0 Å². The molecule has 0 spiro atoms. The monoisotopic (exact) mass is 348 g/mol. The van der Waals surface area contributed by atoms with Crippen molar-refractivity contribution in [2.24, 2.45) is 5.92 Å². The molecule has 2 amide bonds. The number of amides is 2. The number of aromatic nitrogens is 1. The van der Waals surface area contributed by atoms with Crippen LogP contribution < -0.4 is 10.6 Å². The summed E-state index contributed by atoms with van der Waals surface area (Å²) in [4.78, 5) is 18.8. The van der Waals surface area contributed by atoms with E-state index in [2.05, 4.69) is 20.5 Å². The van der Waals surface area contributed by atoms with Crippen LogP contribution in [0.2, 0.25) is 0 Å². The van der Waals surface area contributed by atoms with E-state index < -0.39 is 0 Å². The third kappa shape index (κ3) is 5.66. The number of nitrogens with one attached hydrogen (secondary N) is 2. The summed E-state index contributed by atoms with van der Waals surface area (Å²) in [7, 11) is 0. The van der Waals surface area contributed by atoms with Crippen molar-refractivity contribution >= 4 is 6.03 Å². The van der Waals surface area contributed by atoms with Crippen molar-refractivity contribution < 1.29 is 14.3 Å². The van der Waals surface area contributed by atoms with Crippen LogP contribution in [0, 0.1) is 5.92 Å². The third-order valence-electron chi connectivity index (χ3n) is 4.89. The Morgan fingerprint density at radius 3 is 2.84 bits per heavy atom. The van der Waals surface area contributed by atoms with E-state index in [-0.39, 0.29) is 6.03 Å². The van der Waals surface area contributed by atoms with Gasteiger partial charge in [-0.05, 0) is 18.6 Å². The second-order valence-corrected chi connectivity index (χ2v) is 6.55. The zero-order valence-electron chi connectivity index (χ0n) is 14.7. The SMILES string of the molecule is O=C(NCCc1ccccn1)NC[C@H]([C@@H]1CCOC1)N1CCOCC1. The standard InChI is InChI=1S/C18H28N4O3/c23-18(20-7-4-16-3-1-2-6-19-16)21-13-17(15-5-10-25-14-15)22-8-11-24-12-9-22/h1-3,6,15,17H,4-5,7-14H2,(H2,20,21,23)/t15-,17-/m1/s1. The molecule has 0 saturated carbocycles. The lowest BCUT2D eigenvalue weighted by atomic mass is 9.97. The normalized spacial score (nSPS) is 22.5. The van der Waals surface area contributed by atoms with Gasteiger partial charge >= 0.3 is 6.03 Å². The van der Waals surface area contributed by atoms with Crippen LogP contribution >= 0.6 is 0 Å². The predicted molar refractivity (Wildman–Crippen MR) is 94.4 cm³/mol. The van der Waals surface area contributed by atoms with E-state index in [1.54, 1.807) is 6.20 Å². The average molecular weight is 348 g/mol. The molecule has 2 atom stereocenters. The molecular formula is C18H28N4O3. The maximum absolute atomic E-state index is 12.1. The molecule has 0 aromatic carbocycles. The first-order valence-electron chi connectivity index (χ1n) is 9.14. The smallest absolute Gasteiger partial charge is 0.314 e. The first kappa shape index (κ1) is 18.1. The third-order valence-corrected chi connectivity index (χ3v) is 4.89. The maximum atomic E-state index is 12.1. The highest BCUT2D eigenvalue weighted by Gasteiger charge is 2.31. The molecule has 7 nitrogen and oxygen atoms in total. The Bertz CT molecular complexity index is 516. The van der Waals surface area contributed by atoms with Crippen molar-refractivity contribution in [3.05, 3.63) is 30.1 Å². The van der Waals surface area contributed by atoms with Gasteiger partial charge in [-0.1, -0.05) is 6.07 Å². The molecule has 2 aliphatic heterocycles. The van der Waals surface area contributed by atoms with E-state index in [1.165, 1.54) is 0 Å². The molecular weight excluding hydrogens is 320 g/mol. The molecule has 2 fully saturated rings. The molecule has 138 valence electrons. The summed E-state index contributed by atoms with van der Waals surface area (Å²) < 4.78 is 11.0. The fourth-order valence-electron chi connectivity index (χ4n) is 3.47. The van der Waals surface area contributed by atoms with Crippen molar-refractivity contribution in [1.29, 1.82) is 0 Å². The summed E-state index contributed by atoms with van der Waals surface area (Å²) in [6, 6.07) is 6.01. The molecule has 3 heterocycles. The molecule has 2 aliphatic rings. The minimum absolute atomic E-state index is 0.117. The topological polar surface area (TPSA) is 75.7 Å². The van der Waals surface area contributed by atoms with Gasteiger partial charge in [-0.25, -0.2) is 4.79 Å². The summed E-state index contributed by atoms with van der Waals surface area (Å²) in [6.07, 6.45) is 3.56. The van der Waals surface area contributed by atoms with Crippen LogP contribution in [0.4, 0.5) is 4.79 Å². The van der Waals surface area contributed by atoms with Gasteiger partial charge in [-0.3, -0.25) is 9.88 Å². The number of hydrogen-bond donors (Lipinski definition) is 2. The molecule has 3 rings (SSSR count). The predicted octanol–water partition coefficient (Wildman–Crippen LogP) is 0.661. The van der Waals surface area contributed by atoms with Gasteiger partial charge in [0, 0.05) is 63.1 Å². The zero-order valence-corrected chi connectivity index (χ0v) is 14.7. The van der Waals surface area contributed by atoms with Crippen LogP contribution in [0.25, 0.3) is 0 Å². The Labute approximate surface area is 149 Å². The number of carbonyl (C=O) groups excluding carboxylic acids is 1. The van der Waals surface area contributed by atoms with Gasteiger partial charge in [0.15, 0.2) is 0 Å². The lowest BCUT2D eigenvalue weighted by Crippen LogP contribution is -2.53. The first-order chi connectivity index (χ1) is 12.3. The highest BCUT2D eigenvalue weighted by Crippen LogP contribution is 2.21. The lowest BCUT2D eigenvalue weighted by molar-refractivity contribution is 0.00213. The van der Waals surface area contributed by atoms with E-state index in [1.807, 2.05) is 18.2 Å². The van der Waals surface area contributed by atoms with Crippen LogP contribution in [0.15, 0.2) is 24.4 Å². The molecule has 0 aliphatic carbocycles. The van der Waals surface area contributed by atoms with Crippen molar-refractivity contribution in [1.82, 2.24) is 20.5 Å². The van der Waals surface area contributed by atoms with Crippen LogP contribution in [0.5, 0.6) is 0 Å². The Morgan fingerprint density at radius 1 is 1.24 bits per heavy atom. The first-order valence-corrected chi connectivity index (χ1v) is 9.14. The highest BCUT2D eigenvalue weighted by atomic mass is 16.5. The number of morpholine rings is 1. The maximum Gasteiger partial charge on any atom is 0.314 e. The van der Waals surface area contributed by atoms with E-state index in [0.717, 1.165) is 58.1 Å². The summed E-state index contributed by atoms with van der Waals surface area (Å²) in [5.74, 6) is 0.479. The fraction of sp³-hybridized carbons (Fsp3) is 0.667. The van der Waals surface area contributed by atoms with Gasteiger partial charge in [0.1, 0.15) is 0 Å². The molecule has 0 unspecified atom stereocenters. The van der Waals surface area contributed by atoms with Gasteiger partial charge in [0.25, 0.3) is 0 Å². The van der Waals surface area contributed by atoms with Crippen LogP contribution in [0.3, 0.4) is 0 Å². The highest BCUT2D eigenvalue weighted by molar-refractivity contribution is 5.73. The van der Waals surface area contributed by atoms with Crippen molar-refractivity contribution in [2.45, 2.75) is 18.9 Å². The Balaban J connectivity index is 1.42. The number of rotatable bonds is 7. The van der Waals surface area contributed by atoms with Crippen LogP contribution in [0.1, 0.15) is 12.1 Å². The van der Waals surface area contributed by atoms with Gasteiger partial charge in [-0.2, -0.15) is 0 Å². The summed E-state index contributed by atoms with van der Waals surface area (Å²) >= 11 is 0. The number of carbonyl (C=O) groups is 1. The minimum Gasteiger partial charge on any atom is -0.381 e. The minimum atomic E-state index is -0.117.